The zero-order valence-electron chi connectivity index (χ0n) is 16.7. The second-order valence-electron chi connectivity index (χ2n) is 7.43. The molecule has 0 saturated heterocycles. The SMILES string of the molecule is CC(C)c1ccc2c(c1)CCCN2C(=O)c1ccc(S(=O)(=O)NCCC#N)cc1. The zero-order chi connectivity index (χ0) is 21.0. The molecule has 1 amide bonds. The Hall–Kier alpha value is -2.69. The molecule has 1 aliphatic rings. The number of nitriles is 1. The number of anilines is 1. The Balaban J connectivity index is 1.81. The Bertz CT molecular complexity index is 1040. The van der Waals surface area contributed by atoms with Crippen molar-refractivity contribution < 1.29 is 13.2 Å². The van der Waals surface area contributed by atoms with E-state index in [0.717, 1.165) is 18.5 Å². The van der Waals surface area contributed by atoms with Crippen LogP contribution in [0.15, 0.2) is 47.4 Å². The van der Waals surface area contributed by atoms with Crippen LogP contribution in [0.3, 0.4) is 0 Å². The topological polar surface area (TPSA) is 90.3 Å². The first-order valence-electron chi connectivity index (χ1n) is 9.75. The molecule has 2 aromatic carbocycles. The Morgan fingerprint density at radius 3 is 2.59 bits per heavy atom. The molecule has 0 unspecified atom stereocenters. The third-order valence-corrected chi connectivity index (χ3v) is 6.55. The van der Waals surface area contributed by atoms with Crippen molar-refractivity contribution in [1.29, 1.82) is 5.26 Å². The van der Waals surface area contributed by atoms with Crippen LogP contribution in [-0.2, 0) is 16.4 Å². The fourth-order valence-corrected chi connectivity index (χ4v) is 4.48. The first-order chi connectivity index (χ1) is 13.8. The molecule has 0 aliphatic carbocycles. The Morgan fingerprint density at radius 2 is 1.93 bits per heavy atom. The molecular formula is C22H25N3O3S. The Kier molecular flexibility index (Phi) is 6.36. The lowest BCUT2D eigenvalue weighted by Gasteiger charge is -2.30. The summed E-state index contributed by atoms with van der Waals surface area (Å²) in [5, 5.41) is 8.54. The van der Waals surface area contributed by atoms with Gasteiger partial charge in [-0.3, -0.25) is 4.79 Å². The fourth-order valence-electron chi connectivity index (χ4n) is 3.44. The van der Waals surface area contributed by atoms with Gasteiger partial charge in [0.25, 0.3) is 5.91 Å². The smallest absolute Gasteiger partial charge is 0.258 e. The summed E-state index contributed by atoms with van der Waals surface area (Å²) < 4.78 is 26.8. The van der Waals surface area contributed by atoms with Crippen molar-refractivity contribution in [3.05, 3.63) is 59.2 Å². The number of sulfonamides is 1. The predicted octanol–water partition coefficient (Wildman–Crippen LogP) is 3.59. The lowest BCUT2D eigenvalue weighted by molar-refractivity contribution is 0.0985. The second kappa shape index (κ2) is 8.76. The summed E-state index contributed by atoms with van der Waals surface area (Å²) in [6, 6.07) is 14.1. The standard InChI is InChI=1S/C22H25N3O3S/c1-16(2)18-8-11-21-19(15-18)5-3-14-25(21)22(26)17-6-9-20(10-7-17)29(27,28)24-13-4-12-23/h6-11,15-16,24H,3-5,13-14H2,1-2H3. The molecule has 6 nitrogen and oxygen atoms in total. The minimum absolute atomic E-state index is 0.0580. The van der Waals surface area contributed by atoms with E-state index in [0.29, 0.717) is 18.0 Å². The molecule has 1 N–H and O–H groups in total. The van der Waals surface area contributed by atoms with Gasteiger partial charge in [-0.05, 0) is 60.2 Å². The summed E-state index contributed by atoms with van der Waals surface area (Å²) in [5.41, 5.74) is 3.82. The van der Waals surface area contributed by atoms with Crippen LogP contribution < -0.4 is 9.62 Å². The van der Waals surface area contributed by atoms with Crippen molar-refractivity contribution in [3.8, 4) is 6.07 Å². The third-order valence-electron chi connectivity index (χ3n) is 5.07. The van der Waals surface area contributed by atoms with E-state index in [1.807, 2.05) is 12.1 Å². The number of hydrogen-bond donors (Lipinski definition) is 1. The van der Waals surface area contributed by atoms with Gasteiger partial charge in [0.15, 0.2) is 0 Å². The maximum absolute atomic E-state index is 13.1. The van der Waals surface area contributed by atoms with E-state index in [1.165, 1.54) is 35.4 Å². The minimum atomic E-state index is -3.69. The van der Waals surface area contributed by atoms with Crippen LogP contribution in [0.5, 0.6) is 0 Å². The quantitative estimate of drug-likeness (QED) is 0.736. The Morgan fingerprint density at radius 1 is 1.21 bits per heavy atom. The van der Waals surface area contributed by atoms with Gasteiger partial charge in [0, 0.05) is 30.8 Å². The number of amides is 1. The number of nitrogens with one attached hydrogen (secondary N) is 1. The monoisotopic (exact) mass is 411 g/mol. The molecule has 0 bridgehead atoms. The second-order valence-corrected chi connectivity index (χ2v) is 9.20. The van der Waals surface area contributed by atoms with Crippen molar-refractivity contribution in [2.75, 3.05) is 18.0 Å². The molecule has 0 aromatic heterocycles. The van der Waals surface area contributed by atoms with Gasteiger partial charge in [0.1, 0.15) is 0 Å². The van der Waals surface area contributed by atoms with Crippen LogP contribution in [0.25, 0.3) is 0 Å². The van der Waals surface area contributed by atoms with Gasteiger partial charge < -0.3 is 4.90 Å². The molecule has 0 atom stereocenters. The van der Waals surface area contributed by atoms with Crippen LogP contribution in [0, 0.1) is 11.3 Å². The van der Waals surface area contributed by atoms with Crippen molar-refractivity contribution in [3.63, 3.8) is 0 Å². The average Bonchev–Trinajstić information content (AvgIpc) is 2.72. The van der Waals surface area contributed by atoms with E-state index in [-0.39, 0.29) is 23.8 Å². The number of hydrogen-bond acceptors (Lipinski definition) is 4. The molecule has 7 heteroatoms. The maximum atomic E-state index is 13.1. The summed E-state index contributed by atoms with van der Waals surface area (Å²) in [6.45, 7) is 5.00. The van der Waals surface area contributed by atoms with Crippen molar-refractivity contribution in [2.24, 2.45) is 0 Å². The van der Waals surface area contributed by atoms with Crippen LogP contribution in [0.1, 0.15) is 54.1 Å². The highest BCUT2D eigenvalue weighted by Gasteiger charge is 2.24. The number of rotatable bonds is 6. The van der Waals surface area contributed by atoms with Gasteiger partial charge in [0.05, 0.1) is 11.0 Å². The number of aryl methyl sites for hydroxylation is 1. The van der Waals surface area contributed by atoms with Crippen LogP contribution >= 0.6 is 0 Å². The lowest BCUT2D eigenvalue weighted by atomic mass is 9.94. The number of benzene rings is 2. The van der Waals surface area contributed by atoms with Crippen molar-refractivity contribution >= 4 is 21.6 Å². The van der Waals surface area contributed by atoms with Gasteiger partial charge in [-0.1, -0.05) is 26.0 Å². The highest BCUT2D eigenvalue weighted by molar-refractivity contribution is 7.89. The molecule has 1 heterocycles. The average molecular weight is 412 g/mol. The number of carbonyl (C=O) groups is 1. The largest absolute Gasteiger partial charge is 0.308 e. The van der Waals surface area contributed by atoms with Gasteiger partial charge in [-0.15, -0.1) is 0 Å². The summed E-state index contributed by atoms with van der Waals surface area (Å²) in [7, 11) is -3.69. The molecule has 0 fully saturated rings. The molecule has 29 heavy (non-hydrogen) atoms. The number of carbonyl (C=O) groups excluding carboxylic acids is 1. The summed E-state index contributed by atoms with van der Waals surface area (Å²) >= 11 is 0. The van der Waals surface area contributed by atoms with Crippen LogP contribution in [-0.4, -0.2) is 27.4 Å². The predicted molar refractivity (Wildman–Crippen MR) is 112 cm³/mol. The normalized spacial score (nSPS) is 13.8. The van der Waals surface area contributed by atoms with E-state index >= 15 is 0 Å². The van der Waals surface area contributed by atoms with Crippen LogP contribution in [0.2, 0.25) is 0 Å². The molecule has 0 spiro atoms. The van der Waals surface area contributed by atoms with Gasteiger partial charge in [-0.2, -0.15) is 5.26 Å². The third kappa shape index (κ3) is 4.66. The highest BCUT2D eigenvalue weighted by atomic mass is 32.2. The fraction of sp³-hybridized carbons (Fsp3) is 0.364. The molecule has 0 saturated carbocycles. The summed E-state index contributed by atoms with van der Waals surface area (Å²) in [5.74, 6) is 0.298. The van der Waals surface area contributed by atoms with E-state index < -0.39 is 10.0 Å². The van der Waals surface area contributed by atoms with Crippen molar-refractivity contribution in [2.45, 2.75) is 43.9 Å². The maximum Gasteiger partial charge on any atom is 0.258 e. The highest BCUT2D eigenvalue weighted by Crippen LogP contribution is 2.31. The number of nitrogens with zero attached hydrogens (tertiary/aromatic N) is 2. The zero-order valence-corrected chi connectivity index (χ0v) is 17.5. The first-order valence-corrected chi connectivity index (χ1v) is 11.2. The van der Waals surface area contributed by atoms with Crippen LogP contribution in [0.4, 0.5) is 5.69 Å². The summed E-state index contributed by atoms with van der Waals surface area (Å²) in [6.07, 6.45) is 1.95. The van der Waals surface area contributed by atoms with E-state index in [9.17, 15) is 13.2 Å². The summed E-state index contributed by atoms with van der Waals surface area (Å²) in [4.78, 5) is 14.9. The molecule has 3 rings (SSSR count). The molecule has 152 valence electrons. The molecule has 2 aromatic rings. The lowest BCUT2D eigenvalue weighted by Crippen LogP contribution is -2.35. The van der Waals surface area contributed by atoms with Crippen molar-refractivity contribution in [1.82, 2.24) is 4.72 Å². The Labute approximate surface area is 172 Å². The van der Waals surface area contributed by atoms with Gasteiger partial charge >= 0.3 is 0 Å². The van der Waals surface area contributed by atoms with Gasteiger partial charge in [0.2, 0.25) is 10.0 Å². The van der Waals surface area contributed by atoms with E-state index in [4.69, 9.17) is 5.26 Å². The van der Waals surface area contributed by atoms with E-state index in [2.05, 4.69) is 30.7 Å². The first kappa shape index (κ1) is 21.0. The molecule has 0 radical (unpaired) electrons. The molecule has 1 aliphatic heterocycles. The van der Waals surface area contributed by atoms with E-state index in [1.54, 1.807) is 4.90 Å². The number of fused-ring (bicyclic) bond motifs is 1. The minimum Gasteiger partial charge on any atom is -0.308 e. The van der Waals surface area contributed by atoms with Gasteiger partial charge in [-0.25, -0.2) is 13.1 Å². The molecular weight excluding hydrogens is 386 g/mol.